The van der Waals surface area contributed by atoms with Crippen molar-refractivity contribution in [2.45, 2.75) is 25.8 Å². The predicted octanol–water partition coefficient (Wildman–Crippen LogP) is -0.337. The van der Waals surface area contributed by atoms with Crippen LogP contribution < -0.4 is 10.5 Å². The van der Waals surface area contributed by atoms with E-state index < -0.39 is 10.0 Å². The Hall–Kier alpha value is -0.130. The monoisotopic (exact) mass is 192 g/mol. The first-order valence-corrected chi connectivity index (χ1v) is 5.89. The molecule has 0 aromatic rings. The van der Waals surface area contributed by atoms with Crippen LogP contribution in [0.15, 0.2) is 0 Å². The van der Waals surface area contributed by atoms with Crippen LogP contribution in [0.2, 0.25) is 0 Å². The maximum Gasteiger partial charge on any atom is 0.212 e. The molecule has 0 heterocycles. The fourth-order valence-electron chi connectivity index (χ4n) is 0.998. The van der Waals surface area contributed by atoms with Crippen LogP contribution in [0.25, 0.3) is 0 Å². The van der Waals surface area contributed by atoms with Gasteiger partial charge in [0.1, 0.15) is 0 Å². The highest BCUT2D eigenvalue weighted by molar-refractivity contribution is 7.89. The third-order valence-electron chi connectivity index (χ3n) is 1.89. The van der Waals surface area contributed by atoms with Crippen molar-refractivity contribution in [1.82, 2.24) is 4.72 Å². The first-order valence-electron chi connectivity index (χ1n) is 4.23. The van der Waals surface area contributed by atoms with Gasteiger partial charge < -0.3 is 5.73 Å². The molecule has 5 heteroatoms. The molecule has 0 aliphatic heterocycles. The van der Waals surface area contributed by atoms with E-state index in [0.717, 1.165) is 12.8 Å². The summed E-state index contributed by atoms with van der Waals surface area (Å²) in [6, 6.07) is -0.145. The second kappa shape index (κ2) is 3.72. The summed E-state index contributed by atoms with van der Waals surface area (Å²) in [5, 5.41) is 0. The molecule has 1 aliphatic rings. The zero-order chi connectivity index (χ0) is 9.19. The Bertz CT molecular complexity index is 234. The zero-order valence-corrected chi connectivity index (χ0v) is 8.10. The van der Waals surface area contributed by atoms with E-state index in [1.165, 1.54) is 0 Å². The number of nitrogens with one attached hydrogen (secondary N) is 1. The van der Waals surface area contributed by atoms with Crippen LogP contribution in [0, 0.1) is 5.92 Å². The summed E-state index contributed by atoms with van der Waals surface area (Å²) in [5.74, 6) is 0.671. The van der Waals surface area contributed by atoms with Gasteiger partial charge in [0.15, 0.2) is 0 Å². The van der Waals surface area contributed by atoms with Gasteiger partial charge in [-0.25, -0.2) is 13.1 Å². The average Bonchev–Trinajstić information content (AvgIpc) is 2.69. The highest BCUT2D eigenvalue weighted by Gasteiger charge is 2.28. The minimum absolute atomic E-state index is 0.145. The molecule has 3 N–H and O–H groups in total. The summed E-state index contributed by atoms with van der Waals surface area (Å²) in [4.78, 5) is 0. The number of sulfonamides is 1. The van der Waals surface area contributed by atoms with Crippen molar-refractivity contribution in [2.24, 2.45) is 11.7 Å². The molecule has 1 fully saturated rings. The van der Waals surface area contributed by atoms with Gasteiger partial charge in [0.25, 0.3) is 0 Å². The molecule has 0 amide bonds. The highest BCUT2D eigenvalue weighted by Crippen LogP contribution is 2.29. The van der Waals surface area contributed by atoms with Crippen molar-refractivity contribution >= 4 is 10.0 Å². The maximum atomic E-state index is 11.3. The molecular formula is C7H16N2O2S. The lowest BCUT2D eigenvalue weighted by Gasteiger charge is -2.10. The van der Waals surface area contributed by atoms with Gasteiger partial charge in [0.05, 0.1) is 5.75 Å². The minimum atomic E-state index is -3.06. The fourth-order valence-corrected chi connectivity index (χ4v) is 2.76. The molecule has 0 aromatic carbocycles. The van der Waals surface area contributed by atoms with Gasteiger partial charge in [-0.1, -0.05) is 0 Å². The van der Waals surface area contributed by atoms with Gasteiger partial charge in [-0.15, -0.1) is 0 Å². The van der Waals surface area contributed by atoms with Crippen molar-refractivity contribution in [3.8, 4) is 0 Å². The van der Waals surface area contributed by atoms with E-state index >= 15 is 0 Å². The Morgan fingerprint density at radius 2 is 2.17 bits per heavy atom. The maximum absolute atomic E-state index is 11.3. The Labute approximate surface area is 73.6 Å². The van der Waals surface area contributed by atoms with Crippen molar-refractivity contribution in [3.63, 3.8) is 0 Å². The zero-order valence-electron chi connectivity index (χ0n) is 7.29. The molecule has 0 saturated heterocycles. The van der Waals surface area contributed by atoms with Crippen LogP contribution in [0.5, 0.6) is 0 Å². The summed E-state index contributed by atoms with van der Waals surface area (Å²) < 4.78 is 25.1. The van der Waals surface area contributed by atoms with Crippen molar-refractivity contribution in [1.29, 1.82) is 0 Å². The number of hydrogen-bond donors (Lipinski definition) is 2. The SMILES string of the molecule is C[C@H](CN)NS(=O)(=O)CC1CC1. The standard InChI is InChI=1S/C7H16N2O2S/c1-6(4-8)9-12(10,11)5-7-2-3-7/h6-7,9H,2-5,8H2,1H3/t6-/m1/s1. The first-order chi connectivity index (χ1) is 5.53. The predicted molar refractivity (Wildman–Crippen MR) is 48.2 cm³/mol. The van der Waals surface area contributed by atoms with Gasteiger partial charge in [-0.05, 0) is 25.7 Å². The number of nitrogens with two attached hydrogens (primary N) is 1. The van der Waals surface area contributed by atoms with Crippen LogP contribution in [0.4, 0.5) is 0 Å². The minimum Gasteiger partial charge on any atom is -0.329 e. The molecule has 0 spiro atoms. The van der Waals surface area contributed by atoms with E-state index in [0.29, 0.717) is 12.5 Å². The highest BCUT2D eigenvalue weighted by atomic mass is 32.2. The lowest BCUT2D eigenvalue weighted by atomic mass is 10.4. The quantitative estimate of drug-likeness (QED) is 0.626. The van der Waals surface area contributed by atoms with Crippen LogP contribution in [0.3, 0.4) is 0 Å². The van der Waals surface area contributed by atoms with E-state index in [9.17, 15) is 8.42 Å². The largest absolute Gasteiger partial charge is 0.329 e. The van der Waals surface area contributed by atoms with E-state index in [1.54, 1.807) is 6.92 Å². The molecule has 0 aromatic heterocycles. The number of hydrogen-bond acceptors (Lipinski definition) is 3. The molecule has 0 radical (unpaired) electrons. The van der Waals surface area contributed by atoms with Gasteiger partial charge in [0, 0.05) is 12.6 Å². The third kappa shape index (κ3) is 3.51. The molecule has 1 saturated carbocycles. The van der Waals surface area contributed by atoms with Crippen molar-refractivity contribution in [3.05, 3.63) is 0 Å². The van der Waals surface area contributed by atoms with Crippen molar-refractivity contribution < 1.29 is 8.42 Å². The van der Waals surface area contributed by atoms with Crippen molar-refractivity contribution in [2.75, 3.05) is 12.3 Å². The Kier molecular flexibility index (Phi) is 3.09. The first kappa shape index (κ1) is 9.95. The van der Waals surface area contributed by atoms with E-state index in [2.05, 4.69) is 4.72 Å². The van der Waals surface area contributed by atoms with Gasteiger partial charge in [0.2, 0.25) is 10.0 Å². The Morgan fingerprint density at radius 3 is 2.58 bits per heavy atom. The molecule has 0 unspecified atom stereocenters. The third-order valence-corrected chi connectivity index (χ3v) is 3.56. The molecule has 1 aliphatic carbocycles. The second-order valence-corrected chi connectivity index (χ2v) is 5.28. The van der Waals surface area contributed by atoms with Crippen LogP contribution in [-0.2, 0) is 10.0 Å². The summed E-state index contributed by atoms with van der Waals surface area (Å²) in [5.41, 5.74) is 5.30. The molecule has 72 valence electrons. The van der Waals surface area contributed by atoms with Gasteiger partial charge in [-0.3, -0.25) is 0 Å². The van der Waals surface area contributed by atoms with Gasteiger partial charge in [-0.2, -0.15) is 0 Å². The lowest BCUT2D eigenvalue weighted by Crippen LogP contribution is -2.39. The fraction of sp³-hybridized carbons (Fsp3) is 1.00. The molecule has 1 atom stereocenters. The summed E-state index contributed by atoms with van der Waals surface area (Å²) in [6.07, 6.45) is 2.11. The second-order valence-electron chi connectivity index (χ2n) is 3.48. The summed E-state index contributed by atoms with van der Waals surface area (Å²) >= 11 is 0. The van der Waals surface area contributed by atoms with Crippen LogP contribution in [-0.4, -0.2) is 26.8 Å². The molecular weight excluding hydrogens is 176 g/mol. The lowest BCUT2D eigenvalue weighted by molar-refractivity contribution is 0.559. The molecule has 4 nitrogen and oxygen atoms in total. The van der Waals surface area contributed by atoms with E-state index in [1.807, 2.05) is 0 Å². The average molecular weight is 192 g/mol. The molecule has 0 bridgehead atoms. The normalized spacial score (nSPS) is 20.8. The number of rotatable bonds is 5. The van der Waals surface area contributed by atoms with E-state index in [-0.39, 0.29) is 11.8 Å². The van der Waals surface area contributed by atoms with E-state index in [4.69, 9.17) is 5.73 Å². The van der Waals surface area contributed by atoms with Crippen LogP contribution in [0.1, 0.15) is 19.8 Å². The topological polar surface area (TPSA) is 72.2 Å². The summed E-state index contributed by atoms with van der Waals surface area (Å²) in [6.45, 7) is 2.12. The smallest absolute Gasteiger partial charge is 0.212 e. The summed E-state index contributed by atoms with van der Waals surface area (Å²) in [7, 11) is -3.06. The molecule has 12 heavy (non-hydrogen) atoms. The van der Waals surface area contributed by atoms with Crippen LogP contribution >= 0.6 is 0 Å². The molecule has 1 rings (SSSR count). The Morgan fingerprint density at radius 1 is 1.58 bits per heavy atom. The Balaban J connectivity index is 2.36. The van der Waals surface area contributed by atoms with Gasteiger partial charge >= 0.3 is 0 Å².